The minimum Gasteiger partial charge on any atom is -0.464 e. The summed E-state index contributed by atoms with van der Waals surface area (Å²) in [7, 11) is 0. The van der Waals surface area contributed by atoms with E-state index in [0.29, 0.717) is 12.5 Å². The van der Waals surface area contributed by atoms with Crippen LogP contribution in [0.25, 0.3) is 0 Å². The SMILES string of the molecule is NN(CCC1CCCCC1)C(=O)O. The number of amides is 1. The van der Waals surface area contributed by atoms with Gasteiger partial charge in [0.1, 0.15) is 0 Å². The Bertz CT molecular complexity index is 167. The third kappa shape index (κ3) is 3.63. The van der Waals surface area contributed by atoms with Crippen LogP contribution in [-0.4, -0.2) is 22.8 Å². The molecule has 0 aromatic heterocycles. The van der Waals surface area contributed by atoms with Crippen molar-refractivity contribution in [1.29, 1.82) is 0 Å². The summed E-state index contributed by atoms with van der Waals surface area (Å²) >= 11 is 0. The zero-order valence-electron chi connectivity index (χ0n) is 7.91. The molecule has 1 saturated carbocycles. The number of nitrogens with two attached hydrogens (primary N) is 1. The van der Waals surface area contributed by atoms with Crippen LogP contribution in [0.5, 0.6) is 0 Å². The fraction of sp³-hybridized carbons (Fsp3) is 0.889. The summed E-state index contributed by atoms with van der Waals surface area (Å²) < 4.78 is 0. The average Bonchev–Trinajstić information content (AvgIpc) is 2.15. The van der Waals surface area contributed by atoms with E-state index in [-0.39, 0.29) is 0 Å². The lowest BCUT2D eigenvalue weighted by molar-refractivity contribution is 0.140. The van der Waals surface area contributed by atoms with E-state index in [0.717, 1.165) is 11.4 Å². The molecule has 0 saturated heterocycles. The van der Waals surface area contributed by atoms with Gasteiger partial charge in [0.2, 0.25) is 0 Å². The van der Waals surface area contributed by atoms with Crippen LogP contribution >= 0.6 is 0 Å². The van der Waals surface area contributed by atoms with Gasteiger partial charge >= 0.3 is 6.09 Å². The molecule has 13 heavy (non-hydrogen) atoms. The van der Waals surface area contributed by atoms with Crippen LogP contribution in [0, 0.1) is 5.92 Å². The molecule has 0 aromatic carbocycles. The maximum Gasteiger partial charge on any atom is 0.421 e. The molecule has 0 bridgehead atoms. The Kier molecular flexibility index (Phi) is 4.02. The summed E-state index contributed by atoms with van der Waals surface area (Å²) in [4.78, 5) is 10.4. The molecule has 1 aliphatic carbocycles. The molecule has 4 nitrogen and oxygen atoms in total. The summed E-state index contributed by atoms with van der Waals surface area (Å²) in [5, 5.41) is 9.40. The van der Waals surface area contributed by atoms with Crippen molar-refractivity contribution in [1.82, 2.24) is 5.01 Å². The number of carbonyl (C=O) groups is 1. The van der Waals surface area contributed by atoms with Gasteiger partial charge in [-0.05, 0) is 12.3 Å². The maximum atomic E-state index is 10.4. The van der Waals surface area contributed by atoms with Gasteiger partial charge in [0.15, 0.2) is 0 Å². The molecule has 0 atom stereocenters. The molecule has 0 aliphatic heterocycles. The Balaban J connectivity index is 2.13. The van der Waals surface area contributed by atoms with E-state index in [4.69, 9.17) is 10.9 Å². The molecule has 1 aliphatic rings. The third-order valence-electron chi connectivity index (χ3n) is 2.75. The van der Waals surface area contributed by atoms with Gasteiger partial charge < -0.3 is 5.11 Å². The monoisotopic (exact) mass is 186 g/mol. The number of hydrogen-bond acceptors (Lipinski definition) is 2. The second kappa shape index (κ2) is 5.07. The first-order valence-electron chi connectivity index (χ1n) is 4.95. The molecule has 1 fully saturated rings. The third-order valence-corrected chi connectivity index (χ3v) is 2.75. The van der Waals surface area contributed by atoms with Gasteiger partial charge in [-0.25, -0.2) is 15.6 Å². The highest BCUT2D eigenvalue weighted by Gasteiger charge is 2.15. The molecule has 0 radical (unpaired) electrons. The van der Waals surface area contributed by atoms with E-state index in [1.807, 2.05) is 0 Å². The smallest absolute Gasteiger partial charge is 0.421 e. The Hall–Kier alpha value is -0.770. The number of nitrogens with zero attached hydrogens (tertiary/aromatic N) is 1. The van der Waals surface area contributed by atoms with Crippen molar-refractivity contribution in [2.75, 3.05) is 6.54 Å². The standard InChI is InChI=1S/C9H18N2O2/c10-11(9(12)13)7-6-8-4-2-1-3-5-8/h8H,1-7,10H2,(H,12,13). The lowest BCUT2D eigenvalue weighted by Gasteiger charge is -2.23. The zero-order valence-corrected chi connectivity index (χ0v) is 7.91. The van der Waals surface area contributed by atoms with Gasteiger partial charge in [-0.1, -0.05) is 32.1 Å². The van der Waals surface area contributed by atoms with E-state index >= 15 is 0 Å². The maximum absolute atomic E-state index is 10.4. The van der Waals surface area contributed by atoms with E-state index in [1.165, 1.54) is 32.1 Å². The molecule has 0 aromatic rings. The first kappa shape index (κ1) is 10.3. The topological polar surface area (TPSA) is 66.6 Å². The van der Waals surface area contributed by atoms with Gasteiger partial charge in [0.05, 0.1) is 0 Å². The molecule has 0 heterocycles. The highest BCUT2D eigenvalue weighted by molar-refractivity contribution is 5.63. The molecule has 4 heteroatoms. The Morgan fingerprint density at radius 1 is 1.38 bits per heavy atom. The Morgan fingerprint density at radius 2 is 2.00 bits per heavy atom. The molecule has 0 unspecified atom stereocenters. The van der Waals surface area contributed by atoms with Crippen LogP contribution in [0.3, 0.4) is 0 Å². The summed E-state index contributed by atoms with van der Waals surface area (Å²) in [5.41, 5.74) is 0. The van der Waals surface area contributed by atoms with Gasteiger partial charge in [-0.15, -0.1) is 0 Å². The lowest BCUT2D eigenvalue weighted by atomic mass is 9.87. The summed E-state index contributed by atoms with van der Waals surface area (Å²) in [6.07, 6.45) is 6.30. The largest absolute Gasteiger partial charge is 0.464 e. The first-order chi connectivity index (χ1) is 6.20. The first-order valence-corrected chi connectivity index (χ1v) is 4.95. The van der Waals surface area contributed by atoms with E-state index < -0.39 is 6.09 Å². The Labute approximate surface area is 78.7 Å². The predicted molar refractivity (Wildman–Crippen MR) is 50.1 cm³/mol. The van der Waals surface area contributed by atoms with Crippen molar-refractivity contribution in [3.63, 3.8) is 0 Å². The molecule has 3 N–H and O–H groups in total. The summed E-state index contributed by atoms with van der Waals surface area (Å²) in [6, 6.07) is 0. The number of carboxylic acid groups (broad SMARTS) is 1. The van der Waals surface area contributed by atoms with Crippen molar-refractivity contribution < 1.29 is 9.90 Å². The number of hydrogen-bond donors (Lipinski definition) is 2. The van der Waals surface area contributed by atoms with E-state index in [9.17, 15) is 4.79 Å². The second-order valence-corrected chi connectivity index (χ2v) is 3.77. The van der Waals surface area contributed by atoms with Crippen LogP contribution in [-0.2, 0) is 0 Å². The van der Waals surface area contributed by atoms with Crippen molar-refractivity contribution in [3.05, 3.63) is 0 Å². The van der Waals surface area contributed by atoms with Gasteiger partial charge in [-0.3, -0.25) is 0 Å². The van der Waals surface area contributed by atoms with Crippen molar-refractivity contribution in [2.45, 2.75) is 38.5 Å². The number of rotatable bonds is 3. The highest BCUT2D eigenvalue weighted by atomic mass is 16.4. The fourth-order valence-corrected chi connectivity index (χ4v) is 1.89. The van der Waals surface area contributed by atoms with Gasteiger partial charge in [0, 0.05) is 6.54 Å². The van der Waals surface area contributed by atoms with Crippen molar-refractivity contribution >= 4 is 6.09 Å². The van der Waals surface area contributed by atoms with Gasteiger partial charge in [0.25, 0.3) is 0 Å². The second-order valence-electron chi connectivity index (χ2n) is 3.77. The minimum atomic E-state index is -1.03. The molecule has 1 rings (SSSR count). The highest BCUT2D eigenvalue weighted by Crippen LogP contribution is 2.26. The van der Waals surface area contributed by atoms with Crippen LogP contribution in [0.2, 0.25) is 0 Å². The van der Waals surface area contributed by atoms with E-state index in [2.05, 4.69) is 0 Å². The van der Waals surface area contributed by atoms with Crippen LogP contribution in [0.4, 0.5) is 4.79 Å². The lowest BCUT2D eigenvalue weighted by Crippen LogP contribution is -2.37. The van der Waals surface area contributed by atoms with Crippen LogP contribution in [0.1, 0.15) is 38.5 Å². The van der Waals surface area contributed by atoms with Crippen molar-refractivity contribution in [2.24, 2.45) is 11.8 Å². The molecular weight excluding hydrogens is 168 g/mol. The van der Waals surface area contributed by atoms with Crippen LogP contribution in [0.15, 0.2) is 0 Å². The van der Waals surface area contributed by atoms with Crippen LogP contribution < -0.4 is 5.84 Å². The Morgan fingerprint density at radius 3 is 2.54 bits per heavy atom. The fourth-order valence-electron chi connectivity index (χ4n) is 1.89. The average molecular weight is 186 g/mol. The van der Waals surface area contributed by atoms with Gasteiger partial charge in [-0.2, -0.15) is 0 Å². The molecule has 76 valence electrons. The molecule has 1 amide bonds. The normalized spacial score (nSPS) is 18.5. The molecular formula is C9H18N2O2. The van der Waals surface area contributed by atoms with Crippen molar-refractivity contribution in [3.8, 4) is 0 Å². The number of hydrazine groups is 1. The quantitative estimate of drug-likeness (QED) is 0.401. The van der Waals surface area contributed by atoms with E-state index in [1.54, 1.807) is 0 Å². The predicted octanol–water partition coefficient (Wildman–Crippen LogP) is 1.81. The molecule has 0 spiro atoms. The zero-order chi connectivity index (χ0) is 9.68. The summed E-state index contributed by atoms with van der Waals surface area (Å²) in [6.45, 7) is 0.472. The minimum absolute atomic E-state index is 0.472. The summed E-state index contributed by atoms with van der Waals surface area (Å²) in [5.74, 6) is 5.96.